The molecule has 5 nitrogen and oxygen atoms in total. The van der Waals surface area contributed by atoms with E-state index in [1.54, 1.807) is 0 Å². The van der Waals surface area contributed by atoms with E-state index in [-0.39, 0.29) is 11.8 Å². The second-order valence-electron chi connectivity index (χ2n) is 4.71. The summed E-state index contributed by atoms with van der Waals surface area (Å²) in [6.07, 6.45) is 0. The van der Waals surface area contributed by atoms with Gasteiger partial charge >= 0.3 is 0 Å². The van der Waals surface area contributed by atoms with Gasteiger partial charge in [-0.3, -0.25) is 0 Å². The Morgan fingerprint density at radius 1 is 1.15 bits per heavy atom. The van der Waals surface area contributed by atoms with E-state index in [4.69, 9.17) is 27.7 Å². The maximum atomic E-state index is 6.01. The molecule has 0 bridgehead atoms. The van der Waals surface area contributed by atoms with Crippen molar-refractivity contribution in [3.8, 4) is 5.75 Å². The van der Waals surface area contributed by atoms with E-state index < -0.39 is 0 Å². The highest BCUT2D eigenvalue weighted by Crippen LogP contribution is 2.46. The largest absolute Gasteiger partial charge is 0.440 e. The number of benzene rings is 1. The lowest BCUT2D eigenvalue weighted by atomic mass is 9.79. The quantitative estimate of drug-likeness (QED) is 0.603. The predicted octanol–water partition coefficient (Wildman–Crippen LogP) is 1.35. The fourth-order valence-corrected chi connectivity index (χ4v) is 3.91. The number of ether oxygens (including phenoxy) is 1. The molecular formula is C13H18Br2N4O. The van der Waals surface area contributed by atoms with Gasteiger partial charge in [0.05, 0.1) is 4.47 Å². The summed E-state index contributed by atoms with van der Waals surface area (Å²) in [6.45, 7) is 1.24. The Morgan fingerprint density at radius 3 is 2.35 bits per heavy atom. The molecule has 1 atom stereocenters. The molecule has 1 heterocycles. The number of nitrogens with two attached hydrogens (primary N) is 4. The average molecular weight is 406 g/mol. The molecule has 110 valence electrons. The molecule has 0 spiro atoms. The highest BCUT2D eigenvalue weighted by molar-refractivity contribution is 9.11. The molecule has 2 rings (SSSR count). The number of hydrogen-bond donors (Lipinski definition) is 4. The van der Waals surface area contributed by atoms with E-state index in [1.807, 2.05) is 12.1 Å². The van der Waals surface area contributed by atoms with Gasteiger partial charge in [-0.15, -0.1) is 0 Å². The molecule has 20 heavy (non-hydrogen) atoms. The molecule has 1 aromatic rings. The average Bonchev–Trinajstić information content (AvgIpc) is 2.41. The zero-order valence-corrected chi connectivity index (χ0v) is 14.1. The number of hydrogen-bond acceptors (Lipinski definition) is 5. The highest BCUT2D eigenvalue weighted by atomic mass is 79.9. The van der Waals surface area contributed by atoms with Crippen molar-refractivity contribution < 1.29 is 4.74 Å². The molecule has 1 aliphatic heterocycles. The van der Waals surface area contributed by atoms with E-state index >= 15 is 0 Å². The SMILES string of the molecule is NCC1=C(N)Oc2c(Br)cc(Br)cc2C1C(CN)CN. The molecule has 0 aromatic heterocycles. The fourth-order valence-electron chi connectivity index (χ4n) is 2.57. The maximum absolute atomic E-state index is 6.01. The summed E-state index contributed by atoms with van der Waals surface area (Å²) in [4.78, 5) is 0. The van der Waals surface area contributed by atoms with Crippen LogP contribution in [0.2, 0.25) is 0 Å². The molecule has 1 aliphatic rings. The van der Waals surface area contributed by atoms with Crippen LogP contribution in [-0.4, -0.2) is 19.6 Å². The van der Waals surface area contributed by atoms with E-state index in [9.17, 15) is 0 Å². The van der Waals surface area contributed by atoms with E-state index in [2.05, 4.69) is 31.9 Å². The first-order valence-electron chi connectivity index (χ1n) is 6.29. The Bertz CT molecular complexity index is 543. The van der Waals surface area contributed by atoms with Crippen LogP contribution in [0.4, 0.5) is 0 Å². The van der Waals surface area contributed by atoms with Gasteiger partial charge in [-0.05, 0) is 47.1 Å². The minimum absolute atomic E-state index is 0.0208. The highest BCUT2D eigenvalue weighted by Gasteiger charge is 2.34. The molecule has 7 heteroatoms. The van der Waals surface area contributed by atoms with Gasteiger partial charge in [0, 0.05) is 28.1 Å². The molecule has 0 saturated carbocycles. The Morgan fingerprint density at radius 2 is 1.80 bits per heavy atom. The van der Waals surface area contributed by atoms with Crippen LogP contribution in [0, 0.1) is 5.92 Å². The van der Waals surface area contributed by atoms with Crippen LogP contribution in [0.15, 0.2) is 32.5 Å². The molecule has 1 aromatic carbocycles. The fraction of sp³-hybridized carbons (Fsp3) is 0.385. The summed E-state index contributed by atoms with van der Waals surface area (Å²) in [5.74, 6) is 1.10. The summed E-state index contributed by atoms with van der Waals surface area (Å²) in [6, 6.07) is 3.92. The van der Waals surface area contributed by atoms with E-state index in [0.717, 1.165) is 20.1 Å². The van der Waals surface area contributed by atoms with Gasteiger partial charge in [0.25, 0.3) is 0 Å². The lowest BCUT2D eigenvalue weighted by molar-refractivity contribution is 0.352. The molecule has 8 N–H and O–H groups in total. The Balaban J connectivity index is 2.63. The van der Waals surface area contributed by atoms with Crippen LogP contribution in [0.3, 0.4) is 0 Å². The summed E-state index contributed by atoms with van der Waals surface area (Å²) in [5.41, 5.74) is 25.4. The van der Waals surface area contributed by atoms with Crippen LogP contribution in [0.25, 0.3) is 0 Å². The molecule has 1 unspecified atom stereocenters. The van der Waals surface area contributed by atoms with Crippen molar-refractivity contribution in [2.45, 2.75) is 5.92 Å². The topological polar surface area (TPSA) is 113 Å². The van der Waals surface area contributed by atoms with Crippen LogP contribution >= 0.6 is 31.9 Å². The summed E-state index contributed by atoms with van der Waals surface area (Å²) in [7, 11) is 0. The molecule has 0 radical (unpaired) electrons. The maximum Gasteiger partial charge on any atom is 0.192 e. The number of rotatable bonds is 4. The van der Waals surface area contributed by atoms with Crippen molar-refractivity contribution >= 4 is 31.9 Å². The Kier molecular flexibility index (Phi) is 5.09. The van der Waals surface area contributed by atoms with Crippen molar-refractivity contribution in [1.29, 1.82) is 0 Å². The first-order valence-corrected chi connectivity index (χ1v) is 7.87. The molecule has 0 saturated heterocycles. The first kappa shape index (κ1) is 15.8. The number of fused-ring (bicyclic) bond motifs is 1. The van der Waals surface area contributed by atoms with Crippen LogP contribution in [0.5, 0.6) is 5.75 Å². The number of halogens is 2. The predicted molar refractivity (Wildman–Crippen MR) is 87.1 cm³/mol. The van der Waals surface area contributed by atoms with Gasteiger partial charge in [0.2, 0.25) is 0 Å². The smallest absolute Gasteiger partial charge is 0.192 e. The third kappa shape index (κ3) is 2.73. The van der Waals surface area contributed by atoms with Crippen LogP contribution in [0.1, 0.15) is 11.5 Å². The monoisotopic (exact) mass is 404 g/mol. The van der Waals surface area contributed by atoms with Gasteiger partial charge in [-0.2, -0.15) is 0 Å². The van der Waals surface area contributed by atoms with E-state index in [0.29, 0.717) is 31.3 Å². The third-order valence-corrected chi connectivity index (χ3v) is 4.62. The van der Waals surface area contributed by atoms with Crippen molar-refractivity contribution in [2.75, 3.05) is 19.6 Å². The van der Waals surface area contributed by atoms with Crippen molar-refractivity contribution in [2.24, 2.45) is 28.9 Å². The van der Waals surface area contributed by atoms with Crippen molar-refractivity contribution in [1.82, 2.24) is 0 Å². The molecular weight excluding hydrogens is 388 g/mol. The molecule has 0 amide bonds. The van der Waals surface area contributed by atoms with Gasteiger partial charge in [-0.1, -0.05) is 15.9 Å². The Labute approximate surface area is 134 Å². The van der Waals surface area contributed by atoms with E-state index in [1.165, 1.54) is 0 Å². The first-order chi connectivity index (χ1) is 9.53. The summed E-state index contributed by atoms with van der Waals surface area (Å²) < 4.78 is 7.50. The lowest BCUT2D eigenvalue weighted by Crippen LogP contribution is -2.36. The molecule has 0 fully saturated rings. The third-order valence-electron chi connectivity index (χ3n) is 3.57. The normalized spacial score (nSPS) is 18.2. The van der Waals surface area contributed by atoms with Crippen molar-refractivity contribution in [3.63, 3.8) is 0 Å². The van der Waals surface area contributed by atoms with Crippen LogP contribution in [-0.2, 0) is 0 Å². The zero-order chi connectivity index (χ0) is 14.9. The standard InChI is InChI=1S/C13H18Br2N4O/c14-7-1-8-11(6(3-16)4-17)9(5-18)13(19)20-12(8)10(15)2-7/h1-2,6,11H,3-5,16-19H2. The van der Waals surface area contributed by atoms with Crippen molar-refractivity contribution in [3.05, 3.63) is 38.1 Å². The van der Waals surface area contributed by atoms with Crippen LogP contribution < -0.4 is 27.7 Å². The van der Waals surface area contributed by atoms with Gasteiger partial charge in [-0.25, -0.2) is 0 Å². The summed E-state index contributed by atoms with van der Waals surface area (Å²) in [5, 5.41) is 0. The lowest BCUT2D eigenvalue weighted by Gasteiger charge is -2.34. The Hall–Kier alpha value is -0.600. The zero-order valence-electron chi connectivity index (χ0n) is 10.9. The molecule has 0 aliphatic carbocycles. The second kappa shape index (κ2) is 6.44. The summed E-state index contributed by atoms with van der Waals surface area (Å²) >= 11 is 6.99. The minimum atomic E-state index is -0.0208. The van der Waals surface area contributed by atoms with Gasteiger partial charge in [0.15, 0.2) is 5.88 Å². The van der Waals surface area contributed by atoms with Gasteiger partial charge < -0.3 is 27.7 Å². The minimum Gasteiger partial charge on any atom is -0.440 e. The second-order valence-corrected chi connectivity index (χ2v) is 6.48. The van der Waals surface area contributed by atoms with Gasteiger partial charge in [0.1, 0.15) is 5.75 Å².